The number of H-pyrrole nitrogens is 1. The molecule has 0 fully saturated rings. The summed E-state index contributed by atoms with van der Waals surface area (Å²) in [6.45, 7) is 6.02. The van der Waals surface area contributed by atoms with Gasteiger partial charge in [0.15, 0.2) is 0 Å². The molecule has 0 aliphatic rings. The summed E-state index contributed by atoms with van der Waals surface area (Å²) in [7, 11) is 0. The summed E-state index contributed by atoms with van der Waals surface area (Å²) in [5.74, 6) is 0.106. The zero-order valence-corrected chi connectivity index (χ0v) is 13.3. The third-order valence-corrected chi connectivity index (χ3v) is 3.82. The van der Waals surface area contributed by atoms with Crippen LogP contribution in [-0.2, 0) is 11.3 Å². The fourth-order valence-corrected chi connectivity index (χ4v) is 2.54. The molecule has 0 spiro atoms. The fraction of sp³-hybridized carbons (Fsp3) is 0.333. The van der Waals surface area contributed by atoms with Crippen molar-refractivity contribution in [3.05, 3.63) is 69.1 Å². The first-order chi connectivity index (χ1) is 10.5. The van der Waals surface area contributed by atoms with Gasteiger partial charge >= 0.3 is 0 Å². The van der Waals surface area contributed by atoms with E-state index in [2.05, 4.69) is 10.3 Å². The molecule has 0 unspecified atom stereocenters. The maximum Gasteiger partial charge on any atom is 0.253 e. The lowest BCUT2D eigenvalue weighted by Gasteiger charge is -2.12. The van der Waals surface area contributed by atoms with Crippen molar-refractivity contribution in [2.75, 3.05) is 0 Å². The Hall–Kier alpha value is -2.36. The summed E-state index contributed by atoms with van der Waals surface area (Å²) in [6.07, 6.45) is 0.410. The number of nitrogens with one attached hydrogen (secondary N) is 2. The number of hydrogen-bond donors (Lipinski definition) is 2. The predicted octanol–water partition coefficient (Wildman–Crippen LogP) is 2.80. The zero-order chi connectivity index (χ0) is 16.1. The van der Waals surface area contributed by atoms with Gasteiger partial charge in [0.1, 0.15) is 0 Å². The van der Waals surface area contributed by atoms with Gasteiger partial charge in [-0.1, -0.05) is 37.3 Å². The van der Waals surface area contributed by atoms with Gasteiger partial charge in [-0.25, -0.2) is 0 Å². The van der Waals surface area contributed by atoms with Crippen LogP contribution < -0.4 is 10.9 Å². The second kappa shape index (κ2) is 7.07. The molecule has 2 N–H and O–H groups in total. The van der Waals surface area contributed by atoms with Crippen molar-refractivity contribution in [2.24, 2.45) is 0 Å². The van der Waals surface area contributed by atoms with Gasteiger partial charge < -0.3 is 10.3 Å². The molecule has 0 bridgehead atoms. The van der Waals surface area contributed by atoms with E-state index in [0.717, 1.165) is 16.8 Å². The van der Waals surface area contributed by atoms with E-state index < -0.39 is 0 Å². The molecule has 1 aromatic heterocycles. The number of rotatable bonds is 5. The van der Waals surface area contributed by atoms with Gasteiger partial charge in [-0.2, -0.15) is 0 Å². The average molecular weight is 298 g/mol. The molecular formula is C18H22N2O2. The Kier molecular flexibility index (Phi) is 5.15. The van der Waals surface area contributed by atoms with E-state index in [-0.39, 0.29) is 23.9 Å². The maximum atomic E-state index is 12.1. The highest BCUT2D eigenvalue weighted by molar-refractivity contribution is 5.76. The van der Waals surface area contributed by atoms with Crippen LogP contribution in [0.25, 0.3) is 0 Å². The Balaban J connectivity index is 1.95. The minimum atomic E-state index is -0.131. The monoisotopic (exact) mass is 298 g/mol. The third kappa shape index (κ3) is 4.07. The number of aryl methyl sites for hydroxylation is 2. The smallest absolute Gasteiger partial charge is 0.253 e. The first kappa shape index (κ1) is 16.0. The molecule has 2 rings (SSSR count). The standard InChI is InChI=1S/C18H22N2O2/c1-12(15-7-5-4-6-8-15)10-17(21)19-11-16-13(2)9-14(3)20-18(16)22/h4-9,12H,10-11H2,1-3H3,(H,19,21)(H,20,22)/t12-/m0/s1. The van der Waals surface area contributed by atoms with Gasteiger partial charge in [0.05, 0.1) is 0 Å². The second-order valence-corrected chi connectivity index (χ2v) is 5.74. The maximum absolute atomic E-state index is 12.1. The Morgan fingerprint density at radius 1 is 1.23 bits per heavy atom. The summed E-state index contributed by atoms with van der Waals surface area (Å²) in [5.41, 5.74) is 3.36. The van der Waals surface area contributed by atoms with Crippen molar-refractivity contribution in [2.45, 2.75) is 39.7 Å². The van der Waals surface area contributed by atoms with Gasteiger partial charge in [0, 0.05) is 24.2 Å². The summed E-state index contributed by atoms with van der Waals surface area (Å²) < 4.78 is 0. The van der Waals surface area contributed by atoms with Crippen molar-refractivity contribution in [3.8, 4) is 0 Å². The van der Waals surface area contributed by atoms with Crippen LogP contribution in [0.15, 0.2) is 41.2 Å². The van der Waals surface area contributed by atoms with Gasteiger partial charge in [-0.05, 0) is 37.0 Å². The lowest BCUT2D eigenvalue weighted by atomic mass is 9.97. The van der Waals surface area contributed by atoms with E-state index in [1.54, 1.807) is 0 Å². The zero-order valence-electron chi connectivity index (χ0n) is 13.3. The topological polar surface area (TPSA) is 62.0 Å². The number of carbonyl (C=O) groups is 1. The van der Waals surface area contributed by atoms with E-state index >= 15 is 0 Å². The molecule has 22 heavy (non-hydrogen) atoms. The molecule has 1 aromatic carbocycles. The molecule has 1 amide bonds. The molecule has 0 radical (unpaired) electrons. The molecule has 0 saturated carbocycles. The molecular weight excluding hydrogens is 276 g/mol. The van der Waals surface area contributed by atoms with E-state index in [0.29, 0.717) is 12.0 Å². The number of benzene rings is 1. The Bertz CT molecular complexity index is 705. The van der Waals surface area contributed by atoms with Crippen molar-refractivity contribution in [1.29, 1.82) is 0 Å². The first-order valence-electron chi connectivity index (χ1n) is 7.48. The molecule has 4 heteroatoms. The van der Waals surface area contributed by atoms with Crippen molar-refractivity contribution in [1.82, 2.24) is 10.3 Å². The number of pyridine rings is 1. The van der Waals surface area contributed by atoms with Crippen LogP contribution in [0.5, 0.6) is 0 Å². The summed E-state index contributed by atoms with van der Waals surface area (Å²) in [4.78, 5) is 26.7. The lowest BCUT2D eigenvalue weighted by molar-refractivity contribution is -0.121. The highest BCUT2D eigenvalue weighted by Gasteiger charge is 2.12. The van der Waals surface area contributed by atoms with Crippen LogP contribution in [-0.4, -0.2) is 10.9 Å². The van der Waals surface area contributed by atoms with Crippen LogP contribution in [0.1, 0.15) is 41.6 Å². The molecule has 1 heterocycles. The quantitative estimate of drug-likeness (QED) is 0.891. The summed E-state index contributed by atoms with van der Waals surface area (Å²) in [6, 6.07) is 11.9. The van der Waals surface area contributed by atoms with Gasteiger partial charge in [0.2, 0.25) is 5.91 Å². The molecule has 1 atom stereocenters. The number of aromatic nitrogens is 1. The molecule has 0 aliphatic carbocycles. The van der Waals surface area contributed by atoms with Crippen molar-refractivity contribution in [3.63, 3.8) is 0 Å². The summed E-state index contributed by atoms with van der Waals surface area (Å²) >= 11 is 0. The van der Waals surface area contributed by atoms with Crippen LogP contribution in [0.2, 0.25) is 0 Å². The Labute approximate surface area is 130 Å². The van der Waals surface area contributed by atoms with E-state index in [9.17, 15) is 9.59 Å². The highest BCUT2D eigenvalue weighted by atomic mass is 16.1. The molecule has 0 saturated heterocycles. The number of carbonyl (C=O) groups excluding carboxylic acids is 1. The molecule has 116 valence electrons. The third-order valence-electron chi connectivity index (χ3n) is 3.82. The predicted molar refractivity (Wildman–Crippen MR) is 87.9 cm³/mol. The van der Waals surface area contributed by atoms with Crippen molar-refractivity contribution >= 4 is 5.91 Å². The minimum absolute atomic E-state index is 0.0456. The lowest BCUT2D eigenvalue weighted by Crippen LogP contribution is -2.28. The summed E-state index contributed by atoms with van der Waals surface area (Å²) in [5, 5.41) is 2.84. The largest absolute Gasteiger partial charge is 0.352 e. The Morgan fingerprint density at radius 3 is 2.55 bits per heavy atom. The SMILES string of the molecule is Cc1cc(C)c(CNC(=O)C[C@H](C)c2ccccc2)c(=O)[nH]1. The second-order valence-electron chi connectivity index (χ2n) is 5.74. The number of hydrogen-bond acceptors (Lipinski definition) is 2. The molecule has 0 aliphatic heterocycles. The van der Waals surface area contributed by atoms with Crippen LogP contribution >= 0.6 is 0 Å². The Morgan fingerprint density at radius 2 is 1.91 bits per heavy atom. The number of aromatic amines is 1. The average Bonchev–Trinajstić information content (AvgIpc) is 2.47. The number of amides is 1. The van der Waals surface area contributed by atoms with Crippen LogP contribution in [0.3, 0.4) is 0 Å². The van der Waals surface area contributed by atoms with Gasteiger partial charge in [-0.15, -0.1) is 0 Å². The van der Waals surface area contributed by atoms with E-state index in [4.69, 9.17) is 0 Å². The van der Waals surface area contributed by atoms with Crippen LogP contribution in [0.4, 0.5) is 0 Å². The van der Waals surface area contributed by atoms with Gasteiger partial charge in [-0.3, -0.25) is 9.59 Å². The highest BCUT2D eigenvalue weighted by Crippen LogP contribution is 2.18. The molecule has 4 nitrogen and oxygen atoms in total. The van der Waals surface area contributed by atoms with E-state index in [1.165, 1.54) is 0 Å². The van der Waals surface area contributed by atoms with Crippen molar-refractivity contribution < 1.29 is 4.79 Å². The first-order valence-corrected chi connectivity index (χ1v) is 7.48. The van der Waals surface area contributed by atoms with E-state index in [1.807, 2.05) is 57.2 Å². The van der Waals surface area contributed by atoms with Gasteiger partial charge in [0.25, 0.3) is 5.56 Å². The minimum Gasteiger partial charge on any atom is -0.352 e. The normalized spacial score (nSPS) is 12.0. The van der Waals surface area contributed by atoms with Crippen LogP contribution in [0, 0.1) is 13.8 Å². The fourth-order valence-electron chi connectivity index (χ4n) is 2.54. The molecule has 2 aromatic rings.